The van der Waals surface area contributed by atoms with Crippen LogP contribution in [0.15, 0.2) is 22.8 Å². The molecule has 0 unspecified atom stereocenters. The molecule has 0 saturated heterocycles. The Morgan fingerprint density at radius 1 is 1.37 bits per heavy atom. The van der Waals surface area contributed by atoms with Crippen molar-refractivity contribution in [3.63, 3.8) is 0 Å². The molecule has 0 atom stereocenters. The van der Waals surface area contributed by atoms with E-state index in [1.54, 1.807) is 18.2 Å². The molecule has 0 aliphatic carbocycles. The Kier molecular flexibility index (Phi) is 3.69. The Labute approximate surface area is 110 Å². The summed E-state index contributed by atoms with van der Waals surface area (Å²) in [6.07, 6.45) is 1.58. The first-order valence-electron chi connectivity index (χ1n) is 5.80. The minimum atomic E-state index is -0.711. The fourth-order valence-corrected chi connectivity index (χ4v) is 1.81. The summed E-state index contributed by atoms with van der Waals surface area (Å²) in [5, 5.41) is 2.59. The molecule has 0 bridgehead atoms. The zero-order valence-electron chi connectivity index (χ0n) is 11.0. The van der Waals surface area contributed by atoms with Gasteiger partial charge in [0.2, 0.25) is 0 Å². The van der Waals surface area contributed by atoms with Crippen molar-refractivity contribution in [2.75, 3.05) is 24.3 Å². The summed E-state index contributed by atoms with van der Waals surface area (Å²) in [5.74, 6) is -0.529. The van der Waals surface area contributed by atoms with Gasteiger partial charge in [0.1, 0.15) is 5.76 Å². The zero-order valence-corrected chi connectivity index (χ0v) is 11.0. The summed E-state index contributed by atoms with van der Waals surface area (Å²) >= 11 is 0. The van der Waals surface area contributed by atoms with Crippen molar-refractivity contribution in [3.05, 3.63) is 41.4 Å². The molecule has 0 aliphatic rings. The summed E-state index contributed by atoms with van der Waals surface area (Å²) in [6.45, 7) is 2.26. The van der Waals surface area contributed by atoms with E-state index in [1.165, 1.54) is 7.05 Å². The van der Waals surface area contributed by atoms with Gasteiger partial charge in [-0.25, -0.2) is 13.8 Å². The van der Waals surface area contributed by atoms with Crippen LogP contribution in [0.5, 0.6) is 0 Å². The van der Waals surface area contributed by atoms with Crippen molar-refractivity contribution in [1.82, 2.24) is 4.98 Å². The predicted molar refractivity (Wildman–Crippen MR) is 69.3 cm³/mol. The first kappa shape index (κ1) is 13.3. The summed E-state index contributed by atoms with van der Waals surface area (Å²) < 4.78 is 32.3. The number of furan rings is 1. The van der Waals surface area contributed by atoms with Crippen LogP contribution in [0.2, 0.25) is 0 Å². The largest absolute Gasteiger partial charge is 0.469 e. The van der Waals surface area contributed by atoms with Gasteiger partial charge in [0, 0.05) is 32.3 Å². The fraction of sp³-hybridized carbons (Fsp3) is 0.308. The van der Waals surface area contributed by atoms with Gasteiger partial charge in [0.15, 0.2) is 23.3 Å². The van der Waals surface area contributed by atoms with Crippen LogP contribution in [-0.2, 0) is 6.54 Å². The van der Waals surface area contributed by atoms with E-state index in [4.69, 9.17) is 4.42 Å². The number of hydrogen-bond acceptors (Lipinski definition) is 4. The average molecular weight is 267 g/mol. The van der Waals surface area contributed by atoms with Crippen molar-refractivity contribution in [1.29, 1.82) is 0 Å². The lowest BCUT2D eigenvalue weighted by Gasteiger charge is -2.19. The third kappa shape index (κ3) is 2.67. The molecular weight excluding hydrogens is 252 g/mol. The predicted octanol–water partition coefficient (Wildman–Crippen LogP) is 2.94. The van der Waals surface area contributed by atoms with Gasteiger partial charge < -0.3 is 14.6 Å². The Bertz CT molecular complexity index is 583. The summed E-state index contributed by atoms with van der Waals surface area (Å²) in [6, 6.07) is 2.64. The number of nitrogens with zero attached hydrogens (tertiary/aromatic N) is 2. The highest BCUT2D eigenvalue weighted by atomic mass is 19.1. The topological polar surface area (TPSA) is 41.3 Å². The van der Waals surface area contributed by atoms with Gasteiger partial charge in [-0.1, -0.05) is 0 Å². The second kappa shape index (κ2) is 5.26. The maximum Gasteiger partial charge on any atom is 0.168 e. The molecule has 6 heteroatoms. The number of nitrogens with one attached hydrogen (secondary N) is 1. The molecule has 19 heavy (non-hydrogen) atoms. The number of pyridine rings is 1. The maximum atomic E-state index is 13.8. The van der Waals surface area contributed by atoms with Crippen LogP contribution in [0.3, 0.4) is 0 Å². The van der Waals surface area contributed by atoms with Crippen molar-refractivity contribution < 1.29 is 13.2 Å². The van der Waals surface area contributed by atoms with Crippen molar-refractivity contribution in [3.8, 4) is 0 Å². The van der Waals surface area contributed by atoms with Crippen LogP contribution in [0, 0.1) is 18.6 Å². The fourth-order valence-electron chi connectivity index (χ4n) is 1.81. The first-order valence-corrected chi connectivity index (χ1v) is 5.80. The number of halogens is 2. The van der Waals surface area contributed by atoms with E-state index in [9.17, 15) is 8.78 Å². The van der Waals surface area contributed by atoms with Gasteiger partial charge in [-0.2, -0.15) is 0 Å². The number of hydrogen-bond donors (Lipinski definition) is 1. The molecule has 0 amide bonds. The summed E-state index contributed by atoms with van der Waals surface area (Å²) in [4.78, 5) is 5.54. The van der Waals surface area contributed by atoms with E-state index in [1.807, 2.05) is 13.0 Å². The van der Waals surface area contributed by atoms with Crippen molar-refractivity contribution >= 4 is 11.6 Å². The molecule has 4 nitrogen and oxygen atoms in total. The van der Waals surface area contributed by atoms with Crippen LogP contribution < -0.4 is 10.2 Å². The van der Waals surface area contributed by atoms with Crippen LogP contribution in [0.25, 0.3) is 0 Å². The number of rotatable bonds is 4. The van der Waals surface area contributed by atoms with Gasteiger partial charge >= 0.3 is 0 Å². The van der Waals surface area contributed by atoms with E-state index in [-0.39, 0.29) is 11.6 Å². The molecular formula is C13H15F2N3O. The Hall–Kier alpha value is -2.11. The van der Waals surface area contributed by atoms with E-state index in [2.05, 4.69) is 10.3 Å². The number of aromatic nitrogens is 1. The SMILES string of the molecule is CNc1nc(N(C)Cc2ccoc2C)c(F)cc1F. The standard InChI is InChI=1S/C13H15F2N3O/c1-8-9(4-5-19-8)7-18(3)13-11(15)6-10(14)12(16-2)17-13/h4-6H,7H2,1-3H3,(H,16,17). The average Bonchev–Trinajstić information content (AvgIpc) is 2.75. The van der Waals surface area contributed by atoms with Gasteiger partial charge in [-0.3, -0.25) is 0 Å². The minimum absolute atomic E-state index is 0.0205. The lowest BCUT2D eigenvalue weighted by molar-refractivity contribution is 0.528. The van der Waals surface area contributed by atoms with Gasteiger partial charge in [-0.15, -0.1) is 0 Å². The smallest absolute Gasteiger partial charge is 0.168 e. The van der Waals surface area contributed by atoms with Gasteiger partial charge in [0.25, 0.3) is 0 Å². The minimum Gasteiger partial charge on any atom is -0.469 e. The Balaban J connectivity index is 2.28. The molecule has 0 spiro atoms. The van der Waals surface area contributed by atoms with E-state index in [0.717, 1.165) is 17.4 Å². The molecule has 102 valence electrons. The number of anilines is 2. The van der Waals surface area contributed by atoms with E-state index < -0.39 is 11.6 Å². The molecule has 1 N–H and O–H groups in total. The van der Waals surface area contributed by atoms with Crippen LogP contribution >= 0.6 is 0 Å². The zero-order chi connectivity index (χ0) is 14.0. The first-order chi connectivity index (χ1) is 9.02. The van der Waals surface area contributed by atoms with E-state index in [0.29, 0.717) is 6.54 Å². The third-order valence-electron chi connectivity index (χ3n) is 2.88. The highest BCUT2D eigenvalue weighted by molar-refractivity contribution is 5.49. The van der Waals surface area contributed by atoms with Crippen LogP contribution in [0.4, 0.5) is 20.4 Å². The molecule has 0 aromatic carbocycles. The quantitative estimate of drug-likeness (QED) is 0.924. The molecule has 2 heterocycles. The van der Waals surface area contributed by atoms with Crippen LogP contribution in [-0.4, -0.2) is 19.1 Å². The van der Waals surface area contributed by atoms with Crippen LogP contribution in [0.1, 0.15) is 11.3 Å². The molecule has 0 saturated carbocycles. The molecule has 2 aromatic heterocycles. The highest BCUT2D eigenvalue weighted by Gasteiger charge is 2.15. The van der Waals surface area contributed by atoms with Gasteiger partial charge in [-0.05, 0) is 13.0 Å². The second-order valence-electron chi connectivity index (χ2n) is 4.23. The summed E-state index contributed by atoms with van der Waals surface area (Å²) in [7, 11) is 3.22. The highest BCUT2D eigenvalue weighted by Crippen LogP contribution is 2.23. The van der Waals surface area contributed by atoms with Crippen molar-refractivity contribution in [2.45, 2.75) is 13.5 Å². The molecule has 0 radical (unpaired) electrons. The van der Waals surface area contributed by atoms with Gasteiger partial charge in [0.05, 0.1) is 6.26 Å². The molecule has 0 fully saturated rings. The molecule has 2 rings (SSSR count). The second-order valence-corrected chi connectivity index (χ2v) is 4.23. The lowest BCUT2D eigenvalue weighted by atomic mass is 10.2. The maximum absolute atomic E-state index is 13.8. The number of aryl methyl sites for hydroxylation is 1. The monoisotopic (exact) mass is 267 g/mol. The van der Waals surface area contributed by atoms with Crippen molar-refractivity contribution in [2.24, 2.45) is 0 Å². The summed E-state index contributed by atoms with van der Waals surface area (Å²) in [5.41, 5.74) is 0.930. The normalized spacial score (nSPS) is 10.6. The van der Waals surface area contributed by atoms with E-state index >= 15 is 0 Å². The Morgan fingerprint density at radius 2 is 2.11 bits per heavy atom. The third-order valence-corrected chi connectivity index (χ3v) is 2.88. The molecule has 2 aromatic rings. The lowest BCUT2D eigenvalue weighted by Crippen LogP contribution is -2.20. The Morgan fingerprint density at radius 3 is 2.68 bits per heavy atom. The molecule has 0 aliphatic heterocycles.